The number of ether oxygens (including phenoxy) is 1. The average molecular weight is 410 g/mol. The van der Waals surface area contributed by atoms with E-state index in [9.17, 15) is 14.7 Å². The first kappa shape index (κ1) is 18.2. The highest BCUT2D eigenvalue weighted by Gasteiger charge is 2.50. The van der Waals surface area contributed by atoms with Crippen LogP contribution in [0.3, 0.4) is 0 Å². The van der Waals surface area contributed by atoms with Gasteiger partial charge < -0.3 is 14.7 Å². The normalized spacial score (nSPS) is 27.2. The van der Waals surface area contributed by atoms with Crippen molar-refractivity contribution in [3.63, 3.8) is 0 Å². The summed E-state index contributed by atoms with van der Waals surface area (Å²) in [5, 5.41) is 9.78. The smallest absolute Gasteiger partial charge is 0.342 e. The minimum Gasteiger partial charge on any atom is -0.507 e. The second-order valence-corrected chi connectivity index (χ2v) is 9.39. The number of hydrogen-bond acceptors (Lipinski definition) is 4. The number of aromatic hydroxyl groups is 1. The number of fused-ring (bicyclic) bond motifs is 2. The maximum atomic E-state index is 12.6. The quantitative estimate of drug-likeness (QED) is 0.772. The number of phenolic OH excluding ortho intramolecular Hbond substituents is 1. The zero-order chi connectivity index (χ0) is 18.4. The highest BCUT2D eigenvalue weighted by molar-refractivity contribution is 9.10. The van der Waals surface area contributed by atoms with Gasteiger partial charge in [0.15, 0.2) is 6.61 Å². The van der Waals surface area contributed by atoms with E-state index in [0.717, 1.165) is 25.8 Å². The summed E-state index contributed by atoms with van der Waals surface area (Å²) in [6, 6.07) is 4.74. The van der Waals surface area contributed by atoms with E-state index >= 15 is 0 Å². The first-order chi connectivity index (χ1) is 11.6. The Kier molecular flexibility index (Phi) is 4.60. The summed E-state index contributed by atoms with van der Waals surface area (Å²) in [5.74, 6) is -1.01. The predicted molar refractivity (Wildman–Crippen MR) is 97.3 cm³/mol. The van der Waals surface area contributed by atoms with Crippen molar-refractivity contribution in [3.8, 4) is 5.75 Å². The molecule has 136 valence electrons. The molecule has 6 heteroatoms. The highest BCUT2D eigenvalue weighted by Crippen LogP contribution is 2.52. The van der Waals surface area contributed by atoms with E-state index in [1.165, 1.54) is 12.1 Å². The standard InChI is InChI=1S/C19H24BrNO4/c1-18(2)7-13-8-19(3,10-18)11-21(13)16(23)9-25-17(24)14-6-12(20)4-5-15(14)22/h4-6,13,22H,7-11H2,1-3H3. The molecule has 1 heterocycles. The summed E-state index contributed by atoms with van der Waals surface area (Å²) < 4.78 is 5.82. The fourth-order valence-corrected chi connectivity index (χ4v) is 5.07. The Hall–Kier alpha value is -1.56. The maximum absolute atomic E-state index is 12.6. The lowest BCUT2D eigenvalue weighted by Gasteiger charge is -2.39. The van der Waals surface area contributed by atoms with Crippen LogP contribution < -0.4 is 0 Å². The highest BCUT2D eigenvalue weighted by atomic mass is 79.9. The number of likely N-dealkylation sites (tertiary alicyclic amines) is 1. The van der Waals surface area contributed by atoms with Gasteiger partial charge in [0.2, 0.25) is 0 Å². The maximum Gasteiger partial charge on any atom is 0.342 e. The van der Waals surface area contributed by atoms with Crippen LogP contribution in [-0.2, 0) is 9.53 Å². The van der Waals surface area contributed by atoms with Gasteiger partial charge in [-0.2, -0.15) is 0 Å². The third kappa shape index (κ3) is 3.84. The van der Waals surface area contributed by atoms with Crippen molar-refractivity contribution in [1.82, 2.24) is 4.90 Å². The van der Waals surface area contributed by atoms with Crippen LogP contribution >= 0.6 is 15.9 Å². The SMILES string of the molecule is CC1(C)CC2CC(C)(CN2C(=O)COC(=O)c2cc(Br)ccc2O)C1. The number of hydrogen-bond donors (Lipinski definition) is 1. The van der Waals surface area contributed by atoms with E-state index in [0.29, 0.717) is 4.47 Å². The van der Waals surface area contributed by atoms with Crippen molar-refractivity contribution < 1.29 is 19.4 Å². The number of carbonyl (C=O) groups is 2. The molecular weight excluding hydrogens is 386 g/mol. The van der Waals surface area contributed by atoms with Crippen LogP contribution in [0.15, 0.2) is 22.7 Å². The zero-order valence-electron chi connectivity index (χ0n) is 14.8. The van der Waals surface area contributed by atoms with Gasteiger partial charge in [-0.1, -0.05) is 36.7 Å². The number of rotatable bonds is 3. The Morgan fingerprint density at radius 3 is 2.76 bits per heavy atom. The first-order valence-electron chi connectivity index (χ1n) is 8.54. The number of amides is 1. The van der Waals surface area contributed by atoms with Crippen molar-refractivity contribution in [3.05, 3.63) is 28.2 Å². The molecule has 2 unspecified atom stereocenters. The lowest BCUT2D eigenvalue weighted by Crippen LogP contribution is -2.39. The van der Waals surface area contributed by atoms with E-state index in [-0.39, 0.29) is 40.7 Å². The van der Waals surface area contributed by atoms with Crippen LogP contribution in [0.2, 0.25) is 0 Å². The van der Waals surface area contributed by atoms with Crippen molar-refractivity contribution >= 4 is 27.8 Å². The molecule has 2 bridgehead atoms. The Labute approximate surface area is 156 Å². The molecule has 1 saturated heterocycles. The number of carbonyl (C=O) groups excluding carboxylic acids is 2. The third-order valence-electron chi connectivity index (χ3n) is 5.24. The molecule has 1 aromatic carbocycles. The molecule has 0 aromatic heterocycles. The largest absolute Gasteiger partial charge is 0.507 e. The molecule has 2 aliphatic rings. The lowest BCUT2D eigenvalue weighted by atomic mass is 9.65. The summed E-state index contributed by atoms with van der Waals surface area (Å²) >= 11 is 3.25. The molecule has 1 aliphatic heterocycles. The molecule has 1 N–H and O–H groups in total. The zero-order valence-corrected chi connectivity index (χ0v) is 16.4. The van der Waals surface area contributed by atoms with Crippen molar-refractivity contribution in [1.29, 1.82) is 0 Å². The van der Waals surface area contributed by atoms with E-state index in [2.05, 4.69) is 36.7 Å². The third-order valence-corrected chi connectivity index (χ3v) is 5.73. The Bertz CT molecular complexity index is 717. The van der Waals surface area contributed by atoms with Crippen molar-refractivity contribution in [2.75, 3.05) is 13.2 Å². The summed E-state index contributed by atoms with van der Waals surface area (Å²) in [7, 11) is 0. The topological polar surface area (TPSA) is 66.8 Å². The van der Waals surface area contributed by atoms with Crippen molar-refractivity contribution in [2.24, 2.45) is 10.8 Å². The molecule has 1 saturated carbocycles. The fourth-order valence-electron chi connectivity index (χ4n) is 4.71. The van der Waals surface area contributed by atoms with Crippen molar-refractivity contribution in [2.45, 2.75) is 46.1 Å². The Morgan fingerprint density at radius 1 is 1.32 bits per heavy atom. The molecule has 0 radical (unpaired) electrons. The van der Waals surface area contributed by atoms with Gasteiger partial charge >= 0.3 is 5.97 Å². The molecule has 25 heavy (non-hydrogen) atoms. The fraction of sp³-hybridized carbons (Fsp3) is 0.579. The summed E-state index contributed by atoms with van der Waals surface area (Å²) in [6.45, 7) is 7.17. The minimum absolute atomic E-state index is 0.0513. The first-order valence-corrected chi connectivity index (χ1v) is 9.33. The monoisotopic (exact) mass is 409 g/mol. The molecule has 3 rings (SSSR count). The molecule has 2 fully saturated rings. The van der Waals surface area contributed by atoms with E-state index in [1.54, 1.807) is 6.07 Å². The summed E-state index contributed by atoms with van der Waals surface area (Å²) in [6.07, 6.45) is 3.10. The van der Waals surface area contributed by atoms with Gasteiger partial charge in [0, 0.05) is 17.1 Å². The number of esters is 1. The van der Waals surface area contributed by atoms with Crippen LogP contribution in [0.4, 0.5) is 0 Å². The molecular formula is C19H24BrNO4. The van der Waals surface area contributed by atoms with Gasteiger partial charge in [-0.25, -0.2) is 4.79 Å². The summed E-state index contributed by atoms with van der Waals surface area (Å²) in [5.41, 5.74) is 0.426. The van der Waals surface area contributed by atoms with Gasteiger partial charge in [-0.05, 0) is 48.3 Å². The Morgan fingerprint density at radius 2 is 2.04 bits per heavy atom. The lowest BCUT2D eigenvalue weighted by molar-refractivity contribution is -0.135. The second kappa shape index (κ2) is 6.31. The van der Waals surface area contributed by atoms with Crippen LogP contribution in [0.25, 0.3) is 0 Å². The molecule has 1 amide bonds. The number of halogens is 1. The van der Waals surface area contributed by atoms with Crippen LogP contribution in [0.1, 0.15) is 50.4 Å². The van der Waals surface area contributed by atoms with Crippen LogP contribution in [0, 0.1) is 10.8 Å². The van der Waals surface area contributed by atoms with Crippen LogP contribution in [-0.4, -0.2) is 41.1 Å². The average Bonchev–Trinajstić information content (AvgIpc) is 2.76. The van der Waals surface area contributed by atoms with Gasteiger partial charge in [0.05, 0.1) is 0 Å². The molecule has 0 spiro atoms. The molecule has 1 aliphatic carbocycles. The van der Waals surface area contributed by atoms with E-state index in [4.69, 9.17) is 4.74 Å². The number of phenols is 1. The second-order valence-electron chi connectivity index (χ2n) is 8.47. The Balaban J connectivity index is 1.64. The van der Waals surface area contributed by atoms with E-state index in [1.807, 2.05) is 4.90 Å². The van der Waals surface area contributed by atoms with Crippen LogP contribution in [0.5, 0.6) is 5.75 Å². The van der Waals surface area contributed by atoms with E-state index < -0.39 is 5.97 Å². The van der Waals surface area contributed by atoms with Gasteiger partial charge in [0.25, 0.3) is 5.91 Å². The van der Waals surface area contributed by atoms with Gasteiger partial charge in [0.1, 0.15) is 11.3 Å². The molecule has 2 atom stereocenters. The predicted octanol–water partition coefficient (Wildman–Crippen LogP) is 3.74. The molecule has 1 aromatic rings. The summed E-state index contributed by atoms with van der Waals surface area (Å²) in [4.78, 5) is 26.6. The van der Waals surface area contributed by atoms with Gasteiger partial charge in [-0.3, -0.25) is 4.79 Å². The van der Waals surface area contributed by atoms with Gasteiger partial charge in [-0.15, -0.1) is 0 Å². The molecule has 5 nitrogen and oxygen atoms in total. The number of benzene rings is 1. The number of nitrogens with zero attached hydrogens (tertiary/aromatic N) is 1. The minimum atomic E-state index is -0.694.